The number of rotatable bonds is 4. The van der Waals surface area contributed by atoms with E-state index in [-0.39, 0.29) is 0 Å². The van der Waals surface area contributed by atoms with Crippen molar-refractivity contribution in [3.8, 4) is 33.4 Å². The van der Waals surface area contributed by atoms with E-state index in [1.165, 1.54) is 55.6 Å². The molecule has 1 aliphatic carbocycles. The second-order valence-corrected chi connectivity index (χ2v) is 10.2. The average Bonchev–Trinajstić information content (AvgIpc) is 3.30. The predicted molar refractivity (Wildman–Crippen MR) is 163 cm³/mol. The van der Waals surface area contributed by atoms with Crippen molar-refractivity contribution in [2.45, 2.75) is 5.41 Å². The number of hydrogen-bond donors (Lipinski definition) is 2. The molecule has 0 heterocycles. The number of fused-ring (bicyclic) bond motifs is 3. The Balaban J connectivity index is 1.68. The fourth-order valence-corrected chi connectivity index (χ4v) is 6.38. The van der Waals surface area contributed by atoms with Crippen LogP contribution in [0.15, 0.2) is 146 Å². The van der Waals surface area contributed by atoms with Crippen LogP contribution in [0.2, 0.25) is 0 Å². The summed E-state index contributed by atoms with van der Waals surface area (Å²) in [4.78, 5) is 0. The van der Waals surface area contributed by atoms with Gasteiger partial charge in [-0.3, -0.25) is 0 Å². The number of hydrogen-bond acceptors (Lipinski definition) is 2. The normalized spacial score (nSPS) is 13.0. The smallest absolute Gasteiger partial charge is 0.0714 e. The maximum atomic E-state index is 6.20. The summed E-state index contributed by atoms with van der Waals surface area (Å²) in [6, 6.07) is 51.6. The third-order valence-corrected chi connectivity index (χ3v) is 8.04. The molecule has 0 unspecified atom stereocenters. The highest BCUT2D eigenvalue weighted by atomic mass is 14.6. The lowest BCUT2D eigenvalue weighted by atomic mass is 9.67. The van der Waals surface area contributed by atoms with E-state index in [9.17, 15) is 0 Å². The summed E-state index contributed by atoms with van der Waals surface area (Å²) in [7, 11) is 0. The third kappa shape index (κ3) is 3.49. The van der Waals surface area contributed by atoms with Gasteiger partial charge in [-0.15, -0.1) is 0 Å². The van der Waals surface area contributed by atoms with Gasteiger partial charge in [0.05, 0.1) is 5.41 Å². The lowest BCUT2D eigenvalue weighted by Crippen LogP contribution is -2.28. The molecule has 6 aromatic rings. The second kappa shape index (κ2) is 9.04. The summed E-state index contributed by atoms with van der Waals surface area (Å²) >= 11 is 0. The molecule has 0 spiro atoms. The van der Waals surface area contributed by atoms with Gasteiger partial charge in [-0.05, 0) is 79.9 Å². The van der Waals surface area contributed by atoms with Crippen LogP contribution in [-0.2, 0) is 5.41 Å². The Hall–Kier alpha value is -5.08. The maximum absolute atomic E-state index is 6.20. The molecule has 0 amide bonds. The van der Waals surface area contributed by atoms with Crippen LogP contribution in [0.4, 0.5) is 11.4 Å². The van der Waals surface area contributed by atoms with Crippen molar-refractivity contribution in [1.29, 1.82) is 0 Å². The van der Waals surface area contributed by atoms with Gasteiger partial charge in [0.15, 0.2) is 0 Å². The van der Waals surface area contributed by atoms with Crippen LogP contribution in [0.5, 0.6) is 0 Å². The lowest BCUT2D eigenvalue weighted by Gasteiger charge is -2.34. The van der Waals surface area contributed by atoms with Crippen molar-refractivity contribution in [2.75, 3.05) is 11.5 Å². The quantitative estimate of drug-likeness (QED) is 0.238. The third-order valence-electron chi connectivity index (χ3n) is 8.04. The Morgan fingerprint density at radius 1 is 0.359 bits per heavy atom. The zero-order valence-corrected chi connectivity index (χ0v) is 21.5. The van der Waals surface area contributed by atoms with Crippen LogP contribution < -0.4 is 11.5 Å². The summed E-state index contributed by atoms with van der Waals surface area (Å²) in [5.74, 6) is 0. The second-order valence-electron chi connectivity index (χ2n) is 10.2. The first kappa shape index (κ1) is 23.1. The number of anilines is 2. The summed E-state index contributed by atoms with van der Waals surface area (Å²) < 4.78 is 0. The Morgan fingerprint density at radius 3 is 1.13 bits per heavy atom. The van der Waals surface area contributed by atoms with Gasteiger partial charge in [0, 0.05) is 11.4 Å². The Kier molecular flexibility index (Phi) is 5.35. The predicted octanol–water partition coefficient (Wildman–Crippen LogP) is 8.55. The van der Waals surface area contributed by atoms with Gasteiger partial charge in [-0.2, -0.15) is 0 Å². The van der Waals surface area contributed by atoms with Crippen molar-refractivity contribution >= 4 is 11.4 Å². The summed E-state index contributed by atoms with van der Waals surface area (Å²) in [5, 5.41) is 0. The van der Waals surface area contributed by atoms with Crippen molar-refractivity contribution < 1.29 is 0 Å². The number of benzene rings is 6. The Bertz CT molecular complexity index is 1650. The standard InChI is InChI=1S/C37H28N2/c38-29-21-17-27(18-22-29)37(28-19-23-30(39)24-20-28)33-15-7-13-31(25-9-3-1-4-10-25)35(33)36-32(14-8-16-34(36)37)26-11-5-2-6-12-26/h1-24H,38-39H2. The average molecular weight is 501 g/mol. The van der Waals surface area contributed by atoms with Crippen LogP contribution in [0.25, 0.3) is 33.4 Å². The van der Waals surface area contributed by atoms with Crippen LogP contribution >= 0.6 is 0 Å². The molecule has 0 saturated carbocycles. The Labute approximate surface area is 229 Å². The molecule has 1 aliphatic rings. The highest BCUT2D eigenvalue weighted by Gasteiger charge is 2.47. The molecule has 0 fully saturated rings. The molecule has 39 heavy (non-hydrogen) atoms. The Morgan fingerprint density at radius 2 is 0.744 bits per heavy atom. The van der Waals surface area contributed by atoms with E-state index >= 15 is 0 Å². The monoisotopic (exact) mass is 500 g/mol. The minimum atomic E-state index is -0.540. The van der Waals surface area contributed by atoms with Gasteiger partial charge in [0.2, 0.25) is 0 Å². The summed E-state index contributed by atoms with van der Waals surface area (Å²) in [6.45, 7) is 0. The molecular weight excluding hydrogens is 472 g/mol. The van der Waals surface area contributed by atoms with Crippen molar-refractivity contribution in [3.63, 3.8) is 0 Å². The molecule has 2 heteroatoms. The van der Waals surface area contributed by atoms with Gasteiger partial charge in [0.25, 0.3) is 0 Å². The van der Waals surface area contributed by atoms with Crippen LogP contribution in [0, 0.1) is 0 Å². The summed E-state index contributed by atoms with van der Waals surface area (Å²) in [6.07, 6.45) is 0. The summed E-state index contributed by atoms with van der Waals surface area (Å²) in [5.41, 5.74) is 25.6. The zero-order valence-electron chi connectivity index (χ0n) is 21.5. The van der Waals surface area contributed by atoms with E-state index in [2.05, 4.69) is 121 Å². The minimum Gasteiger partial charge on any atom is -0.399 e. The lowest BCUT2D eigenvalue weighted by molar-refractivity contribution is 0.769. The van der Waals surface area contributed by atoms with Gasteiger partial charge in [-0.25, -0.2) is 0 Å². The van der Waals surface area contributed by atoms with E-state index in [4.69, 9.17) is 11.5 Å². The molecule has 0 saturated heterocycles. The molecule has 186 valence electrons. The van der Waals surface area contributed by atoms with Gasteiger partial charge >= 0.3 is 0 Å². The molecule has 2 nitrogen and oxygen atoms in total. The van der Waals surface area contributed by atoms with Gasteiger partial charge < -0.3 is 11.5 Å². The number of nitrogens with two attached hydrogens (primary N) is 2. The van der Waals surface area contributed by atoms with Crippen molar-refractivity contribution in [2.24, 2.45) is 0 Å². The molecule has 0 aromatic heterocycles. The fourth-order valence-electron chi connectivity index (χ4n) is 6.38. The largest absolute Gasteiger partial charge is 0.399 e. The highest BCUT2D eigenvalue weighted by molar-refractivity contribution is 6.01. The molecule has 0 radical (unpaired) electrons. The minimum absolute atomic E-state index is 0.540. The van der Waals surface area contributed by atoms with Crippen LogP contribution in [0.3, 0.4) is 0 Å². The molecule has 0 bridgehead atoms. The first-order valence-corrected chi connectivity index (χ1v) is 13.3. The number of nitrogen functional groups attached to an aromatic ring is 2. The van der Waals surface area contributed by atoms with Gasteiger partial charge in [-0.1, -0.05) is 121 Å². The van der Waals surface area contributed by atoms with Crippen molar-refractivity contribution in [3.05, 3.63) is 168 Å². The molecular formula is C37H28N2. The van der Waals surface area contributed by atoms with E-state index in [1.54, 1.807) is 0 Å². The molecule has 0 atom stereocenters. The molecule has 6 aromatic carbocycles. The topological polar surface area (TPSA) is 52.0 Å². The maximum Gasteiger partial charge on any atom is 0.0714 e. The van der Waals surface area contributed by atoms with Crippen LogP contribution in [-0.4, -0.2) is 0 Å². The molecule has 0 aliphatic heterocycles. The molecule has 7 rings (SSSR count). The van der Waals surface area contributed by atoms with E-state index in [0.717, 1.165) is 11.4 Å². The SMILES string of the molecule is Nc1ccc(C2(c3ccc(N)cc3)c3cccc(-c4ccccc4)c3-c3c(-c4ccccc4)cccc32)cc1. The first-order chi connectivity index (χ1) is 19.2. The van der Waals surface area contributed by atoms with E-state index < -0.39 is 5.41 Å². The highest BCUT2D eigenvalue weighted by Crippen LogP contribution is 2.60. The molecule has 4 N–H and O–H groups in total. The zero-order chi connectivity index (χ0) is 26.4. The van der Waals surface area contributed by atoms with Crippen molar-refractivity contribution in [1.82, 2.24) is 0 Å². The fraction of sp³-hybridized carbons (Fsp3) is 0.0270. The van der Waals surface area contributed by atoms with Crippen LogP contribution in [0.1, 0.15) is 22.3 Å². The van der Waals surface area contributed by atoms with E-state index in [1.807, 2.05) is 24.3 Å². The van der Waals surface area contributed by atoms with Gasteiger partial charge in [0.1, 0.15) is 0 Å². The first-order valence-electron chi connectivity index (χ1n) is 13.3. The van der Waals surface area contributed by atoms with E-state index in [0.29, 0.717) is 0 Å².